The lowest BCUT2D eigenvalue weighted by atomic mass is 9.99. The predicted molar refractivity (Wildman–Crippen MR) is 120 cm³/mol. The molecule has 0 radical (unpaired) electrons. The number of rotatable bonds is 8. The van der Waals surface area contributed by atoms with Crippen molar-refractivity contribution in [2.24, 2.45) is 0 Å². The highest BCUT2D eigenvalue weighted by molar-refractivity contribution is 7.80. The van der Waals surface area contributed by atoms with Gasteiger partial charge in [0.25, 0.3) is 0 Å². The first kappa shape index (κ1) is 24.1. The second-order valence-electron chi connectivity index (χ2n) is 7.61. The van der Waals surface area contributed by atoms with Crippen molar-refractivity contribution in [3.8, 4) is 5.75 Å². The second kappa shape index (κ2) is 11.4. The zero-order valence-electron chi connectivity index (χ0n) is 18.3. The van der Waals surface area contributed by atoms with Crippen molar-refractivity contribution in [3.05, 3.63) is 65.7 Å². The third-order valence-electron chi connectivity index (χ3n) is 4.90. The van der Waals surface area contributed by atoms with Crippen molar-refractivity contribution in [1.29, 1.82) is 0 Å². The SMILES string of the molecule is CC(=O)O[C@@H]1[C@@H](OC(C)=O)[C@H](S)O[C@H](COCc2ccccc2)[C@@H]1Oc1ccc(C)cc1. The monoisotopic (exact) mass is 460 g/mol. The lowest BCUT2D eigenvalue weighted by Crippen LogP contribution is -2.61. The molecule has 0 saturated carbocycles. The molecule has 0 amide bonds. The number of benzene rings is 2. The van der Waals surface area contributed by atoms with Gasteiger partial charge in [0.1, 0.15) is 17.3 Å². The predicted octanol–water partition coefficient (Wildman–Crippen LogP) is 3.48. The standard InChI is InChI=1S/C24H28O7S/c1-15-9-11-19(12-10-15)30-21-20(14-27-13-18-7-5-4-6-8-18)31-24(32)23(29-17(3)26)22(21)28-16(2)25/h4-12,20-24,32H,13-14H2,1-3H3/t20-,21+,22+,23-,24+/m1/s1. The molecule has 0 spiro atoms. The van der Waals surface area contributed by atoms with Gasteiger partial charge in [0.15, 0.2) is 18.3 Å². The van der Waals surface area contributed by atoms with Crippen LogP contribution in [0.1, 0.15) is 25.0 Å². The minimum absolute atomic E-state index is 0.160. The van der Waals surface area contributed by atoms with Gasteiger partial charge in [-0.25, -0.2) is 0 Å². The first-order chi connectivity index (χ1) is 15.3. The van der Waals surface area contributed by atoms with Crippen LogP contribution in [0.15, 0.2) is 54.6 Å². The van der Waals surface area contributed by atoms with Crippen molar-refractivity contribution in [2.75, 3.05) is 6.61 Å². The van der Waals surface area contributed by atoms with E-state index in [1.54, 1.807) is 0 Å². The summed E-state index contributed by atoms with van der Waals surface area (Å²) < 4.78 is 29.0. The number of aryl methyl sites for hydroxylation is 1. The Morgan fingerprint density at radius 3 is 2.16 bits per heavy atom. The van der Waals surface area contributed by atoms with Gasteiger partial charge in [-0.3, -0.25) is 9.59 Å². The molecule has 8 heteroatoms. The Bertz CT molecular complexity index is 887. The first-order valence-electron chi connectivity index (χ1n) is 10.4. The van der Waals surface area contributed by atoms with Gasteiger partial charge < -0.3 is 23.7 Å². The van der Waals surface area contributed by atoms with Gasteiger partial charge in [0, 0.05) is 13.8 Å². The molecule has 1 heterocycles. The summed E-state index contributed by atoms with van der Waals surface area (Å²) in [4.78, 5) is 23.6. The maximum absolute atomic E-state index is 11.9. The Kier molecular flexibility index (Phi) is 8.55. The highest BCUT2D eigenvalue weighted by Crippen LogP contribution is 2.31. The van der Waals surface area contributed by atoms with Gasteiger partial charge in [-0.05, 0) is 24.6 Å². The molecule has 0 bridgehead atoms. The van der Waals surface area contributed by atoms with E-state index in [2.05, 4.69) is 12.6 Å². The molecule has 7 nitrogen and oxygen atoms in total. The zero-order valence-corrected chi connectivity index (χ0v) is 19.2. The first-order valence-corrected chi connectivity index (χ1v) is 10.9. The Morgan fingerprint density at radius 1 is 0.906 bits per heavy atom. The van der Waals surface area contributed by atoms with Crippen molar-refractivity contribution in [2.45, 2.75) is 57.2 Å². The van der Waals surface area contributed by atoms with Gasteiger partial charge in [-0.2, -0.15) is 0 Å². The summed E-state index contributed by atoms with van der Waals surface area (Å²) in [5.41, 5.74) is 1.26. The molecular weight excluding hydrogens is 432 g/mol. The van der Waals surface area contributed by atoms with Crippen LogP contribution in [0, 0.1) is 6.92 Å². The van der Waals surface area contributed by atoms with E-state index in [4.69, 9.17) is 23.7 Å². The Hall–Kier alpha value is -2.55. The van der Waals surface area contributed by atoms with Crippen LogP contribution in [0.5, 0.6) is 5.75 Å². The van der Waals surface area contributed by atoms with Gasteiger partial charge in [-0.15, -0.1) is 12.6 Å². The molecular formula is C24H28O7S. The molecule has 0 aliphatic carbocycles. The smallest absolute Gasteiger partial charge is 0.303 e. The minimum atomic E-state index is -0.944. The Labute approximate surface area is 193 Å². The lowest BCUT2D eigenvalue weighted by Gasteiger charge is -2.43. The third kappa shape index (κ3) is 6.72. The fraction of sp³-hybridized carbons (Fsp3) is 0.417. The molecule has 0 N–H and O–H groups in total. The number of ether oxygens (including phenoxy) is 5. The fourth-order valence-corrected chi connectivity index (χ4v) is 3.84. The molecule has 1 aliphatic heterocycles. The Balaban J connectivity index is 1.83. The molecule has 1 fully saturated rings. The summed E-state index contributed by atoms with van der Waals surface area (Å²) >= 11 is 4.44. The fourth-order valence-electron chi connectivity index (χ4n) is 3.46. The lowest BCUT2D eigenvalue weighted by molar-refractivity contribution is -0.225. The van der Waals surface area contributed by atoms with Crippen LogP contribution in [0.2, 0.25) is 0 Å². The Morgan fingerprint density at radius 2 is 1.53 bits per heavy atom. The van der Waals surface area contributed by atoms with Crippen LogP contribution in [-0.4, -0.2) is 48.4 Å². The molecule has 0 aromatic heterocycles. The topological polar surface area (TPSA) is 80.3 Å². The van der Waals surface area contributed by atoms with E-state index in [1.165, 1.54) is 13.8 Å². The summed E-state index contributed by atoms with van der Waals surface area (Å²) in [5, 5.41) is 0. The van der Waals surface area contributed by atoms with Crippen LogP contribution in [-0.2, 0) is 35.1 Å². The number of esters is 2. The minimum Gasteiger partial charge on any atom is -0.484 e. The van der Waals surface area contributed by atoms with E-state index >= 15 is 0 Å². The average molecular weight is 461 g/mol. The molecule has 1 aliphatic rings. The van der Waals surface area contributed by atoms with Crippen molar-refractivity contribution in [3.63, 3.8) is 0 Å². The van der Waals surface area contributed by atoms with Crippen LogP contribution in [0.25, 0.3) is 0 Å². The van der Waals surface area contributed by atoms with E-state index in [9.17, 15) is 9.59 Å². The van der Waals surface area contributed by atoms with Crippen LogP contribution >= 0.6 is 12.6 Å². The molecule has 2 aromatic carbocycles. The second-order valence-corrected chi connectivity index (χ2v) is 8.12. The van der Waals surface area contributed by atoms with Crippen LogP contribution in [0.4, 0.5) is 0 Å². The highest BCUT2D eigenvalue weighted by Gasteiger charge is 2.50. The third-order valence-corrected chi connectivity index (χ3v) is 5.32. The number of hydrogen-bond donors (Lipinski definition) is 1. The highest BCUT2D eigenvalue weighted by atomic mass is 32.1. The summed E-state index contributed by atoms with van der Waals surface area (Å²) in [6.07, 6.45) is -3.29. The van der Waals surface area contributed by atoms with Gasteiger partial charge in [0.2, 0.25) is 0 Å². The molecule has 32 heavy (non-hydrogen) atoms. The quantitative estimate of drug-likeness (QED) is 0.477. The van der Waals surface area contributed by atoms with E-state index in [-0.39, 0.29) is 6.61 Å². The number of hydrogen-bond acceptors (Lipinski definition) is 8. The van der Waals surface area contributed by atoms with Crippen LogP contribution in [0.3, 0.4) is 0 Å². The van der Waals surface area contributed by atoms with Gasteiger partial charge >= 0.3 is 11.9 Å². The summed E-state index contributed by atoms with van der Waals surface area (Å²) in [7, 11) is 0. The zero-order chi connectivity index (χ0) is 23.1. The number of thiol groups is 1. The number of carbonyl (C=O) groups excluding carboxylic acids is 2. The van der Waals surface area contributed by atoms with E-state index in [1.807, 2.05) is 61.5 Å². The van der Waals surface area contributed by atoms with Gasteiger partial charge in [-0.1, -0.05) is 48.0 Å². The summed E-state index contributed by atoms with van der Waals surface area (Å²) in [6.45, 7) is 5.07. The largest absolute Gasteiger partial charge is 0.484 e. The van der Waals surface area contributed by atoms with Crippen molar-refractivity contribution in [1.82, 2.24) is 0 Å². The normalized spacial score (nSPS) is 25.1. The average Bonchev–Trinajstić information content (AvgIpc) is 2.75. The van der Waals surface area contributed by atoms with Crippen molar-refractivity contribution >= 4 is 24.6 Å². The molecule has 3 rings (SSSR count). The van der Waals surface area contributed by atoms with E-state index in [0.717, 1.165) is 11.1 Å². The molecule has 2 aromatic rings. The maximum atomic E-state index is 11.9. The van der Waals surface area contributed by atoms with E-state index in [0.29, 0.717) is 12.4 Å². The summed E-state index contributed by atoms with van der Waals surface area (Å²) in [6, 6.07) is 17.2. The summed E-state index contributed by atoms with van der Waals surface area (Å²) in [5.74, 6) is -0.507. The molecule has 1 saturated heterocycles. The van der Waals surface area contributed by atoms with Gasteiger partial charge in [0.05, 0.1) is 13.2 Å². The molecule has 172 valence electrons. The maximum Gasteiger partial charge on any atom is 0.303 e. The van der Waals surface area contributed by atoms with Crippen molar-refractivity contribution < 1.29 is 33.3 Å². The van der Waals surface area contributed by atoms with E-state index < -0.39 is 41.8 Å². The molecule has 0 unspecified atom stereocenters. The van der Waals surface area contributed by atoms with Crippen LogP contribution < -0.4 is 4.74 Å². The number of carbonyl (C=O) groups is 2. The molecule has 5 atom stereocenters.